The van der Waals surface area contributed by atoms with Gasteiger partial charge in [-0.1, -0.05) is 0 Å². The number of rotatable bonds is 4. The minimum absolute atomic E-state index is 0.829. The summed E-state index contributed by atoms with van der Waals surface area (Å²) >= 11 is 0. The number of aliphatic carboxylic acids is 1. The maximum atomic E-state index is 10.6. The molecule has 2 N–H and O–H groups in total. The molecule has 68 valence electrons. The third-order valence-corrected chi connectivity index (χ3v) is 1.02. The fourth-order valence-corrected chi connectivity index (χ4v) is 0.466. The van der Waals surface area contributed by atoms with E-state index in [-0.39, 0.29) is 0 Å². The zero-order chi connectivity index (χ0) is 9.72. The fraction of sp³-hybridized carbons (Fsp3) is 0.600. The highest BCUT2D eigenvalue weighted by molar-refractivity contribution is 5.83. The molecule has 0 aromatic carbocycles. The lowest BCUT2D eigenvalue weighted by atomic mass is 10.3. The van der Waals surface area contributed by atoms with Crippen LogP contribution in [-0.2, 0) is 9.59 Å². The van der Waals surface area contributed by atoms with Gasteiger partial charge in [-0.05, 0) is 6.92 Å². The van der Waals surface area contributed by atoms with Crippen LogP contribution in [-0.4, -0.2) is 34.5 Å². The molecule has 0 rings (SSSR count). The monoisotopic (exact) mass is 176 g/mol. The largest absolute Gasteiger partial charge is 0.480 e. The van der Waals surface area contributed by atoms with Crippen LogP contribution in [0.15, 0.2) is 0 Å². The first-order chi connectivity index (χ1) is 5.43. The van der Waals surface area contributed by atoms with Gasteiger partial charge in [0, 0.05) is 4.92 Å². The number of nitro groups is 1. The summed E-state index contributed by atoms with van der Waals surface area (Å²) in [5.41, 5.74) is 0. The smallest absolute Gasteiger partial charge is 0.325 e. The molecule has 7 heteroatoms. The van der Waals surface area contributed by atoms with Crippen molar-refractivity contribution in [2.45, 2.75) is 13.0 Å². The second-order valence-corrected chi connectivity index (χ2v) is 2.12. The van der Waals surface area contributed by atoms with Crippen LogP contribution < -0.4 is 5.32 Å². The molecule has 0 radical (unpaired) electrons. The van der Waals surface area contributed by atoms with Crippen LogP contribution in [0.5, 0.6) is 0 Å². The third-order valence-electron chi connectivity index (χ3n) is 1.02. The van der Waals surface area contributed by atoms with Gasteiger partial charge in [0.25, 0.3) is 12.5 Å². The predicted molar refractivity (Wildman–Crippen MR) is 37.1 cm³/mol. The van der Waals surface area contributed by atoms with Gasteiger partial charge in [0.15, 0.2) is 0 Å². The number of carbonyl (C=O) groups is 2. The zero-order valence-corrected chi connectivity index (χ0v) is 6.31. The average molecular weight is 176 g/mol. The van der Waals surface area contributed by atoms with E-state index < -0.39 is 29.4 Å². The molecule has 0 spiro atoms. The second-order valence-electron chi connectivity index (χ2n) is 2.12. The maximum Gasteiger partial charge on any atom is 0.325 e. The third kappa shape index (κ3) is 4.20. The first kappa shape index (κ1) is 10.3. The van der Waals surface area contributed by atoms with Crippen molar-refractivity contribution in [3.05, 3.63) is 10.1 Å². The van der Waals surface area contributed by atoms with Crippen molar-refractivity contribution in [3.8, 4) is 0 Å². The Morgan fingerprint density at radius 2 is 2.17 bits per heavy atom. The SMILES string of the molecule is C[C@H](NC(=O)C[N+](=O)[O-])C(=O)O. The van der Waals surface area contributed by atoms with E-state index >= 15 is 0 Å². The van der Waals surface area contributed by atoms with Crippen molar-refractivity contribution >= 4 is 11.9 Å². The number of nitrogens with zero attached hydrogens (tertiary/aromatic N) is 1. The number of hydrogen-bond donors (Lipinski definition) is 2. The standard InChI is InChI=1S/C5H8N2O5/c1-3(5(9)10)6-4(8)2-7(11)12/h3H,2H2,1H3,(H,6,8)(H,9,10)/t3-/m0/s1. The molecule has 0 heterocycles. The van der Waals surface area contributed by atoms with Crippen molar-refractivity contribution in [1.29, 1.82) is 0 Å². The molecule has 7 nitrogen and oxygen atoms in total. The highest BCUT2D eigenvalue weighted by atomic mass is 16.6. The minimum Gasteiger partial charge on any atom is -0.480 e. The lowest BCUT2D eigenvalue weighted by molar-refractivity contribution is -0.467. The van der Waals surface area contributed by atoms with Crippen LogP contribution >= 0.6 is 0 Å². The van der Waals surface area contributed by atoms with Gasteiger partial charge in [-0.3, -0.25) is 19.7 Å². The van der Waals surface area contributed by atoms with E-state index in [0.29, 0.717) is 0 Å². The summed E-state index contributed by atoms with van der Waals surface area (Å²) in [7, 11) is 0. The number of hydrogen-bond acceptors (Lipinski definition) is 4. The van der Waals surface area contributed by atoms with Crippen LogP contribution in [0.3, 0.4) is 0 Å². The summed E-state index contributed by atoms with van der Waals surface area (Å²) in [5, 5.41) is 20.0. The highest BCUT2D eigenvalue weighted by Crippen LogP contribution is 1.81. The van der Waals surface area contributed by atoms with E-state index in [9.17, 15) is 19.7 Å². The molecule has 0 unspecified atom stereocenters. The Morgan fingerprint density at radius 3 is 2.50 bits per heavy atom. The van der Waals surface area contributed by atoms with Crippen molar-refractivity contribution < 1.29 is 19.6 Å². The number of carbonyl (C=O) groups excluding carboxylic acids is 1. The Morgan fingerprint density at radius 1 is 1.67 bits per heavy atom. The van der Waals surface area contributed by atoms with Gasteiger partial charge in [0.2, 0.25) is 0 Å². The predicted octanol–water partition coefficient (Wildman–Crippen LogP) is -1.15. The Labute approximate surface area is 67.5 Å². The molecule has 12 heavy (non-hydrogen) atoms. The molecule has 0 aliphatic carbocycles. The number of carboxylic acid groups (broad SMARTS) is 1. The second kappa shape index (κ2) is 4.27. The molecule has 1 amide bonds. The summed E-state index contributed by atoms with van der Waals surface area (Å²) in [6.45, 7) is 0.317. The van der Waals surface area contributed by atoms with E-state index in [1.807, 2.05) is 5.32 Å². The number of carboxylic acids is 1. The summed E-state index contributed by atoms with van der Waals surface area (Å²) < 4.78 is 0. The lowest BCUT2D eigenvalue weighted by Crippen LogP contribution is -2.41. The van der Waals surface area contributed by atoms with Crippen LogP contribution in [0.25, 0.3) is 0 Å². The number of nitrogens with one attached hydrogen (secondary N) is 1. The Kier molecular flexibility index (Phi) is 3.68. The van der Waals surface area contributed by atoms with E-state index in [4.69, 9.17) is 5.11 Å². The van der Waals surface area contributed by atoms with E-state index in [2.05, 4.69) is 0 Å². The van der Waals surface area contributed by atoms with Gasteiger partial charge in [0.05, 0.1) is 0 Å². The molecule has 0 fully saturated rings. The topological polar surface area (TPSA) is 110 Å². The van der Waals surface area contributed by atoms with Crippen LogP contribution in [0.2, 0.25) is 0 Å². The van der Waals surface area contributed by atoms with Gasteiger partial charge >= 0.3 is 5.97 Å². The summed E-state index contributed by atoms with van der Waals surface area (Å²) in [4.78, 5) is 29.6. The molecule has 0 aromatic rings. The molecule has 1 atom stereocenters. The quantitative estimate of drug-likeness (QED) is 0.415. The van der Waals surface area contributed by atoms with Gasteiger partial charge in [-0.2, -0.15) is 0 Å². The molecular weight excluding hydrogens is 168 g/mol. The van der Waals surface area contributed by atoms with E-state index in [1.165, 1.54) is 6.92 Å². The normalized spacial score (nSPS) is 11.8. The van der Waals surface area contributed by atoms with Gasteiger partial charge < -0.3 is 10.4 Å². The molecule has 0 aromatic heterocycles. The minimum atomic E-state index is -1.23. The Bertz CT molecular complexity index is 214. The Balaban J connectivity index is 3.85. The van der Waals surface area contributed by atoms with E-state index in [1.54, 1.807) is 0 Å². The first-order valence-electron chi connectivity index (χ1n) is 3.07. The van der Waals surface area contributed by atoms with Crippen LogP contribution in [0, 0.1) is 10.1 Å². The molecular formula is C5H8N2O5. The van der Waals surface area contributed by atoms with Crippen LogP contribution in [0.1, 0.15) is 6.92 Å². The van der Waals surface area contributed by atoms with Crippen LogP contribution in [0.4, 0.5) is 0 Å². The summed E-state index contributed by atoms with van der Waals surface area (Å²) in [6, 6.07) is -1.10. The van der Waals surface area contributed by atoms with Gasteiger partial charge in [0.1, 0.15) is 6.04 Å². The lowest BCUT2D eigenvalue weighted by Gasteiger charge is -2.05. The summed E-state index contributed by atoms with van der Waals surface area (Å²) in [5.74, 6) is -2.14. The van der Waals surface area contributed by atoms with Gasteiger partial charge in [-0.25, -0.2) is 0 Å². The Hall–Kier alpha value is -1.66. The highest BCUT2D eigenvalue weighted by Gasteiger charge is 2.16. The molecule has 0 aliphatic heterocycles. The summed E-state index contributed by atoms with van der Waals surface area (Å²) in [6.07, 6.45) is 0. The van der Waals surface area contributed by atoms with E-state index in [0.717, 1.165) is 0 Å². The van der Waals surface area contributed by atoms with Crippen molar-refractivity contribution in [1.82, 2.24) is 5.32 Å². The van der Waals surface area contributed by atoms with Crippen molar-refractivity contribution in [3.63, 3.8) is 0 Å². The molecule has 0 aliphatic rings. The molecule has 0 bridgehead atoms. The fourth-order valence-electron chi connectivity index (χ4n) is 0.466. The van der Waals surface area contributed by atoms with Crippen molar-refractivity contribution in [2.24, 2.45) is 0 Å². The molecule has 0 saturated heterocycles. The number of amides is 1. The van der Waals surface area contributed by atoms with Gasteiger partial charge in [-0.15, -0.1) is 0 Å². The zero-order valence-electron chi connectivity index (χ0n) is 6.31. The average Bonchev–Trinajstić information content (AvgIpc) is 1.84. The maximum absolute atomic E-state index is 10.6. The van der Waals surface area contributed by atoms with Crippen molar-refractivity contribution in [2.75, 3.05) is 6.54 Å². The molecule has 0 saturated carbocycles. The first-order valence-corrected chi connectivity index (χ1v) is 3.07.